The van der Waals surface area contributed by atoms with Gasteiger partial charge >= 0.3 is 0 Å². The molecule has 1 aromatic rings. The van der Waals surface area contributed by atoms with E-state index in [4.69, 9.17) is 19.9 Å². The largest absolute Gasteiger partial charge is 0.490 e. The summed E-state index contributed by atoms with van der Waals surface area (Å²) in [5, 5.41) is 3.15. The third-order valence-electron chi connectivity index (χ3n) is 3.82. The SMILES string of the molecule is CCOc1ccc(CCNC(N)=NCC2CCCO2)cc1OCC. The first-order chi connectivity index (χ1) is 11.7. The number of benzene rings is 1. The van der Waals surface area contributed by atoms with Gasteiger partial charge in [0.05, 0.1) is 25.9 Å². The zero-order valence-electron chi connectivity index (χ0n) is 14.7. The predicted molar refractivity (Wildman–Crippen MR) is 96.0 cm³/mol. The van der Waals surface area contributed by atoms with Crippen LogP contribution in [0.15, 0.2) is 23.2 Å². The highest BCUT2D eigenvalue weighted by molar-refractivity contribution is 5.77. The second-order valence-corrected chi connectivity index (χ2v) is 5.68. The maximum Gasteiger partial charge on any atom is 0.188 e. The molecule has 1 saturated heterocycles. The van der Waals surface area contributed by atoms with Gasteiger partial charge in [0.1, 0.15) is 0 Å². The van der Waals surface area contributed by atoms with E-state index >= 15 is 0 Å². The average Bonchev–Trinajstić information content (AvgIpc) is 3.09. The summed E-state index contributed by atoms with van der Waals surface area (Å²) >= 11 is 0. The highest BCUT2D eigenvalue weighted by Gasteiger charge is 2.14. The molecule has 0 radical (unpaired) electrons. The Morgan fingerprint density at radius 1 is 1.29 bits per heavy atom. The minimum absolute atomic E-state index is 0.227. The summed E-state index contributed by atoms with van der Waals surface area (Å²) in [6, 6.07) is 6.03. The van der Waals surface area contributed by atoms with E-state index in [2.05, 4.69) is 16.4 Å². The minimum atomic E-state index is 0.227. The fraction of sp³-hybridized carbons (Fsp3) is 0.611. The maximum atomic E-state index is 5.90. The molecule has 1 aromatic carbocycles. The summed E-state index contributed by atoms with van der Waals surface area (Å²) in [5.74, 6) is 2.05. The van der Waals surface area contributed by atoms with Crippen molar-refractivity contribution in [3.8, 4) is 11.5 Å². The lowest BCUT2D eigenvalue weighted by atomic mass is 10.1. The van der Waals surface area contributed by atoms with E-state index in [9.17, 15) is 0 Å². The van der Waals surface area contributed by atoms with Crippen molar-refractivity contribution in [2.45, 2.75) is 39.2 Å². The molecule has 0 spiro atoms. The molecule has 6 heteroatoms. The second kappa shape index (κ2) is 10.0. The Kier molecular flexibility index (Phi) is 7.68. The van der Waals surface area contributed by atoms with Gasteiger partial charge in [0, 0.05) is 13.2 Å². The van der Waals surface area contributed by atoms with Crippen molar-refractivity contribution in [1.82, 2.24) is 5.32 Å². The highest BCUT2D eigenvalue weighted by atomic mass is 16.5. The average molecular weight is 335 g/mol. The van der Waals surface area contributed by atoms with E-state index in [1.807, 2.05) is 26.0 Å². The Morgan fingerprint density at radius 2 is 2.08 bits per heavy atom. The van der Waals surface area contributed by atoms with Gasteiger partial charge in [-0.2, -0.15) is 0 Å². The first-order valence-electron chi connectivity index (χ1n) is 8.76. The normalized spacial score (nSPS) is 17.8. The van der Waals surface area contributed by atoms with Crippen molar-refractivity contribution in [3.05, 3.63) is 23.8 Å². The molecule has 1 aliphatic rings. The molecule has 6 nitrogen and oxygen atoms in total. The summed E-state index contributed by atoms with van der Waals surface area (Å²) in [6.07, 6.45) is 3.25. The van der Waals surface area contributed by atoms with Gasteiger partial charge in [0.2, 0.25) is 0 Å². The smallest absolute Gasteiger partial charge is 0.188 e. The van der Waals surface area contributed by atoms with Crippen molar-refractivity contribution < 1.29 is 14.2 Å². The Morgan fingerprint density at radius 3 is 2.79 bits per heavy atom. The van der Waals surface area contributed by atoms with Crippen LogP contribution in [-0.2, 0) is 11.2 Å². The number of nitrogens with zero attached hydrogens (tertiary/aromatic N) is 1. The minimum Gasteiger partial charge on any atom is -0.490 e. The molecule has 1 fully saturated rings. The predicted octanol–water partition coefficient (Wildman–Crippen LogP) is 2.11. The van der Waals surface area contributed by atoms with E-state index in [-0.39, 0.29) is 6.10 Å². The van der Waals surface area contributed by atoms with Crippen LogP contribution in [0.2, 0.25) is 0 Å². The number of hydrogen-bond acceptors (Lipinski definition) is 4. The Labute approximate surface area is 144 Å². The zero-order valence-corrected chi connectivity index (χ0v) is 14.7. The van der Waals surface area contributed by atoms with Gasteiger partial charge in [-0.3, -0.25) is 4.99 Å². The Balaban J connectivity index is 1.80. The van der Waals surface area contributed by atoms with Gasteiger partial charge < -0.3 is 25.3 Å². The molecule has 1 aliphatic heterocycles. The second-order valence-electron chi connectivity index (χ2n) is 5.68. The fourth-order valence-corrected chi connectivity index (χ4v) is 2.63. The molecular weight excluding hydrogens is 306 g/mol. The van der Waals surface area contributed by atoms with Crippen LogP contribution >= 0.6 is 0 Å². The van der Waals surface area contributed by atoms with Crippen molar-refractivity contribution in [1.29, 1.82) is 0 Å². The van der Waals surface area contributed by atoms with Crippen LogP contribution in [0.25, 0.3) is 0 Å². The van der Waals surface area contributed by atoms with E-state index < -0.39 is 0 Å². The molecule has 1 atom stereocenters. The summed E-state index contributed by atoms with van der Waals surface area (Å²) in [4.78, 5) is 4.34. The number of nitrogens with two attached hydrogens (primary N) is 1. The highest BCUT2D eigenvalue weighted by Crippen LogP contribution is 2.28. The van der Waals surface area contributed by atoms with E-state index in [0.717, 1.165) is 43.9 Å². The lowest BCUT2D eigenvalue weighted by Crippen LogP contribution is -2.34. The molecule has 0 saturated carbocycles. The Hall–Kier alpha value is -1.95. The maximum absolute atomic E-state index is 5.90. The third kappa shape index (κ3) is 5.92. The van der Waals surface area contributed by atoms with Gasteiger partial charge in [-0.15, -0.1) is 0 Å². The number of guanidine groups is 1. The number of ether oxygens (including phenoxy) is 3. The molecule has 2 rings (SSSR count). The molecule has 1 heterocycles. The topological polar surface area (TPSA) is 78.1 Å². The van der Waals surface area contributed by atoms with Crippen LogP contribution in [0.5, 0.6) is 11.5 Å². The molecule has 24 heavy (non-hydrogen) atoms. The quantitative estimate of drug-likeness (QED) is 0.534. The first-order valence-corrected chi connectivity index (χ1v) is 8.76. The summed E-state index contributed by atoms with van der Waals surface area (Å²) in [7, 11) is 0. The van der Waals surface area contributed by atoms with E-state index in [1.165, 1.54) is 5.56 Å². The monoisotopic (exact) mass is 335 g/mol. The fourth-order valence-electron chi connectivity index (χ4n) is 2.63. The number of hydrogen-bond donors (Lipinski definition) is 2. The molecule has 1 unspecified atom stereocenters. The lowest BCUT2D eigenvalue weighted by Gasteiger charge is -2.13. The Bertz CT molecular complexity index is 528. The standard InChI is InChI=1S/C18H29N3O3/c1-3-22-16-8-7-14(12-17(16)23-4-2)9-10-20-18(19)21-13-15-6-5-11-24-15/h7-8,12,15H,3-6,9-11,13H2,1-2H3,(H3,19,20,21). The van der Waals surface area contributed by atoms with Crippen molar-refractivity contribution in [3.63, 3.8) is 0 Å². The van der Waals surface area contributed by atoms with Crippen molar-refractivity contribution in [2.75, 3.05) is 32.9 Å². The third-order valence-corrected chi connectivity index (χ3v) is 3.82. The van der Waals surface area contributed by atoms with Gasteiger partial charge in [-0.25, -0.2) is 0 Å². The van der Waals surface area contributed by atoms with Gasteiger partial charge in [0.25, 0.3) is 0 Å². The van der Waals surface area contributed by atoms with Crippen LogP contribution < -0.4 is 20.5 Å². The molecular formula is C18H29N3O3. The molecule has 0 aliphatic carbocycles. The summed E-state index contributed by atoms with van der Waals surface area (Å²) in [5.41, 5.74) is 7.06. The molecule has 3 N–H and O–H groups in total. The van der Waals surface area contributed by atoms with Crippen LogP contribution in [0.4, 0.5) is 0 Å². The van der Waals surface area contributed by atoms with Gasteiger partial charge in [0.15, 0.2) is 17.5 Å². The van der Waals surface area contributed by atoms with Gasteiger partial charge in [-0.1, -0.05) is 6.07 Å². The van der Waals surface area contributed by atoms with Crippen molar-refractivity contribution in [2.24, 2.45) is 10.7 Å². The van der Waals surface area contributed by atoms with Crippen LogP contribution in [0, 0.1) is 0 Å². The number of rotatable bonds is 9. The van der Waals surface area contributed by atoms with E-state index in [1.54, 1.807) is 0 Å². The van der Waals surface area contributed by atoms with Crippen LogP contribution in [0.3, 0.4) is 0 Å². The lowest BCUT2D eigenvalue weighted by molar-refractivity contribution is 0.118. The van der Waals surface area contributed by atoms with E-state index in [0.29, 0.717) is 25.7 Å². The molecule has 0 bridgehead atoms. The zero-order chi connectivity index (χ0) is 17.2. The van der Waals surface area contributed by atoms with Crippen molar-refractivity contribution >= 4 is 5.96 Å². The number of aliphatic imine (C=N–C) groups is 1. The van der Waals surface area contributed by atoms with Crippen LogP contribution in [0.1, 0.15) is 32.3 Å². The summed E-state index contributed by atoms with van der Waals surface area (Å²) in [6.45, 7) is 7.37. The number of nitrogens with one attached hydrogen (secondary N) is 1. The first kappa shape index (κ1) is 18.4. The molecule has 134 valence electrons. The molecule has 0 amide bonds. The summed E-state index contributed by atoms with van der Waals surface area (Å²) < 4.78 is 16.7. The van der Waals surface area contributed by atoms with Gasteiger partial charge in [-0.05, 0) is 50.8 Å². The molecule has 0 aromatic heterocycles. The van der Waals surface area contributed by atoms with Crippen LogP contribution in [-0.4, -0.2) is 45.0 Å².